The van der Waals surface area contributed by atoms with Gasteiger partial charge in [-0.3, -0.25) is 0 Å². The summed E-state index contributed by atoms with van der Waals surface area (Å²) < 4.78 is 0. The molecule has 1 heterocycles. The van der Waals surface area contributed by atoms with Crippen LogP contribution in [0.1, 0.15) is 43.7 Å². The maximum absolute atomic E-state index is 5.83. The van der Waals surface area contributed by atoms with Crippen LogP contribution in [0, 0.1) is 6.92 Å². The van der Waals surface area contributed by atoms with Crippen LogP contribution < -0.4 is 5.73 Å². The van der Waals surface area contributed by atoms with Crippen molar-refractivity contribution in [2.75, 3.05) is 5.73 Å². The van der Waals surface area contributed by atoms with Crippen LogP contribution in [0.2, 0.25) is 0 Å². The molecular formula is C11H18N2. The Hall–Kier alpha value is -1.05. The monoisotopic (exact) mass is 178 g/mol. The minimum Gasteiger partial charge on any atom is -0.383 e. The molecule has 0 aliphatic carbocycles. The number of aromatic nitrogens is 1. The van der Waals surface area contributed by atoms with E-state index in [0.29, 0.717) is 11.7 Å². The van der Waals surface area contributed by atoms with E-state index in [1.165, 1.54) is 11.1 Å². The van der Waals surface area contributed by atoms with Gasteiger partial charge < -0.3 is 5.73 Å². The van der Waals surface area contributed by atoms with E-state index < -0.39 is 0 Å². The number of aryl methyl sites for hydroxylation is 1. The zero-order chi connectivity index (χ0) is 9.84. The highest BCUT2D eigenvalue weighted by Gasteiger charge is 2.10. The second-order valence-electron chi connectivity index (χ2n) is 3.50. The van der Waals surface area contributed by atoms with Gasteiger partial charge in [-0.1, -0.05) is 19.9 Å². The number of rotatable bonds is 3. The van der Waals surface area contributed by atoms with Crippen molar-refractivity contribution in [3.63, 3.8) is 0 Å². The van der Waals surface area contributed by atoms with E-state index in [2.05, 4.69) is 31.8 Å². The summed E-state index contributed by atoms with van der Waals surface area (Å²) >= 11 is 0. The summed E-state index contributed by atoms with van der Waals surface area (Å²) in [5.74, 6) is 1.26. The third-order valence-corrected chi connectivity index (χ3v) is 2.51. The van der Waals surface area contributed by atoms with Crippen LogP contribution in [0.4, 0.5) is 5.82 Å². The van der Waals surface area contributed by atoms with Crippen LogP contribution in [0.3, 0.4) is 0 Å². The predicted molar refractivity (Wildman–Crippen MR) is 56.7 cm³/mol. The third kappa shape index (κ3) is 2.20. The molecule has 0 aromatic carbocycles. The molecule has 0 aliphatic rings. The van der Waals surface area contributed by atoms with Crippen molar-refractivity contribution in [2.24, 2.45) is 0 Å². The summed E-state index contributed by atoms with van der Waals surface area (Å²) in [6.07, 6.45) is 4.08. The number of nitrogens with zero attached hydrogens (tertiary/aromatic N) is 1. The van der Waals surface area contributed by atoms with Gasteiger partial charge in [0, 0.05) is 6.20 Å². The van der Waals surface area contributed by atoms with Gasteiger partial charge in [0.1, 0.15) is 5.82 Å². The molecule has 2 heteroatoms. The number of hydrogen-bond acceptors (Lipinski definition) is 2. The lowest BCUT2D eigenvalue weighted by atomic mass is 9.94. The van der Waals surface area contributed by atoms with Gasteiger partial charge >= 0.3 is 0 Å². The molecule has 0 amide bonds. The summed E-state index contributed by atoms with van der Waals surface area (Å²) in [5.41, 5.74) is 8.23. The summed E-state index contributed by atoms with van der Waals surface area (Å²) in [5, 5.41) is 0. The van der Waals surface area contributed by atoms with Crippen LogP contribution in [0.25, 0.3) is 0 Å². The minimum atomic E-state index is 0.562. The maximum atomic E-state index is 5.83. The number of nitrogen functional groups attached to an aromatic ring is 1. The summed E-state index contributed by atoms with van der Waals surface area (Å²) in [6, 6.07) is 2.15. The van der Waals surface area contributed by atoms with Crippen molar-refractivity contribution in [1.82, 2.24) is 4.98 Å². The fraction of sp³-hybridized carbons (Fsp3) is 0.545. The van der Waals surface area contributed by atoms with Gasteiger partial charge in [-0.05, 0) is 36.8 Å². The normalized spacial score (nSPS) is 10.8. The summed E-state index contributed by atoms with van der Waals surface area (Å²) in [4.78, 5) is 4.17. The summed E-state index contributed by atoms with van der Waals surface area (Å²) in [7, 11) is 0. The van der Waals surface area contributed by atoms with Gasteiger partial charge in [0.15, 0.2) is 0 Å². The molecule has 0 unspecified atom stereocenters. The van der Waals surface area contributed by atoms with Crippen molar-refractivity contribution in [3.8, 4) is 0 Å². The molecule has 0 atom stereocenters. The Balaban J connectivity index is 3.03. The summed E-state index contributed by atoms with van der Waals surface area (Å²) in [6.45, 7) is 6.43. The first-order valence-electron chi connectivity index (χ1n) is 4.91. The highest BCUT2D eigenvalue weighted by atomic mass is 14.8. The second-order valence-corrected chi connectivity index (χ2v) is 3.50. The Morgan fingerprint density at radius 3 is 2.54 bits per heavy atom. The average molecular weight is 178 g/mol. The maximum Gasteiger partial charge on any atom is 0.126 e. The molecular weight excluding hydrogens is 160 g/mol. The third-order valence-electron chi connectivity index (χ3n) is 2.51. The largest absolute Gasteiger partial charge is 0.383 e. The first kappa shape index (κ1) is 10.0. The van der Waals surface area contributed by atoms with Gasteiger partial charge in [-0.15, -0.1) is 0 Å². The highest BCUT2D eigenvalue weighted by molar-refractivity contribution is 5.43. The molecule has 72 valence electrons. The van der Waals surface area contributed by atoms with Crippen molar-refractivity contribution in [1.29, 1.82) is 0 Å². The predicted octanol–water partition coefficient (Wildman–Crippen LogP) is 2.88. The molecule has 1 rings (SSSR count). The quantitative estimate of drug-likeness (QED) is 0.773. The van der Waals surface area contributed by atoms with Crippen LogP contribution in [0.5, 0.6) is 0 Å². The highest BCUT2D eigenvalue weighted by Crippen LogP contribution is 2.26. The molecule has 13 heavy (non-hydrogen) atoms. The van der Waals surface area contributed by atoms with E-state index in [0.717, 1.165) is 12.8 Å². The van der Waals surface area contributed by atoms with Gasteiger partial charge in [-0.2, -0.15) is 0 Å². The van der Waals surface area contributed by atoms with E-state index >= 15 is 0 Å². The van der Waals surface area contributed by atoms with Crippen molar-refractivity contribution < 1.29 is 0 Å². The zero-order valence-electron chi connectivity index (χ0n) is 8.67. The lowest BCUT2D eigenvalue weighted by Crippen LogP contribution is -2.03. The molecule has 0 bridgehead atoms. The molecule has 2 N–H and O–H groups in total. The second kappa shape index (κ2) is 4.26. The lowest BCUT2D eigenvalue weighted by Gasteiger charge is -2.14. The Kier molecular flexibility index (Phi) is 3.29. The van der Waals surface area contributed by atoms with Crippen LogP contribution in [0.15, 0.2) is 12.3 Å². The lowest BCUT2D eigenvalue weighted by molar-refractivity contribution is 0.641. The molecule has 0 spiro atoms. The van der Waals surface area contributed by atoms with Crippen molar-refractivity contribution >= 4 is 5.82 Å². The Morgan fingerprint density at radius 1 is 1.38 bits per heavy atom. The number of nitrogens with two attached hydrogens (primary N) is 1. The van der Waals surface area contributed by atoms with Crippen molar-refractivity contribution in [2.45, 2.75) is 39.5 Å². The van der Waals surface area contributed by atoms with E-state index in [1.54, 1.807) is 0 Å². The average Bonchev–Trinajstić information content (AvgIpc) is 2.13. The molecule has 0 saturated heterocycles. The fourth-order valence-electron chi connectivity index (χ4n) is 1.66. The van der Waals surface area contributed by atoms with Crippen LogP contribution >= 0.6 is 0 Å². The smallest absolute Gasteiger partial charge is 0.126 e. The SMILES string of the molecule is CCC(CC)c1cc(C)cnc1N. The van der Waals surface area contributed by atoms with E-state index in [9.17, 15) is 0 Å². The Labute approximate surface area is 80.2 Å². The zero-order valence-corrected chi connectivity index (χ0v) is 8.67. The van der Waals surface area contributed by atoms with Gasteiger partial charge in [-0.25, -0.2) is 4.98 Å². The standard InChI is InChI=1S/C11H18N2/c1-4-9(5-2)10-6-8(3)7-13-11(10)12/h6-7,9H,4-5H2,1-3H3,(H2,12,13). The molecule has 1 aromatic heterocycles. The van der Waals surface area contributed by atoms with Crippen LogP contribution in [-0.2, 0) is 0 Å². The molecule has 2 nitrogen and oxygen atoms in total. The first-order chi connectivity index (χ1) is 6.19. The van der Waals surface area contributed by atoms with Gasteiger partial charge in [0.05, 0.1) is 0 Å². The Morgan fingerprint density at radius 2 is 2.00 bits per heavy atom. The molecule has 0 saturated carbocycles. The van der Waals surface area contributed by atoms with Gasteiger partial charge in [0.25, 0.3) is 0 Å². The Bertz CT molecular complexity index is 277. The molecule has 0 aliphatic heterocycles. The van der Waals surface area contributed by atoms with E-state index in [1.807, 2.05) is 6.20 Å². The van der Waals surface area contributed by atoms with Crippen LogP contribution in [-0.4, -0.2) is 4.98 Å². The topological polar surface area (TPSA) is 38.9 Å². The molecule has 0 fully saturated rings. The minimum absolute atomic E-state index is 0.562. The first-order valence-corrected chi connectivity index (χ1v) is 4.91. The van der Waals surface area contributed by atoms with E-state index in [4.69, 9.17) is 5.73 Å². The number of anilines is 1. The molecule has 0 radical (unpaired) electrons. The molecule has 1 aromatic rings. The number of pyridine rings is 1. The van der Waals surface area contributed by atoms with Crippen molar-refractivity contribution in [3.05, 3.63) is 23.4 Å². The number of hydrogen-bond donors (Lipinski definition) is 1. The fourth-order valence-corrected chi connectivity index (χ4v) is 1.66. The van der Waals surface area contributed by atoms with E-state index in [-0.39, 0.29) is 0 Å². The van der Waals surface area contributed by atoms with Gasteiger partial charge in [0.2, 0.25) is 0 Å².